The zero-order valence-electron chi connectivity index (χ0n) is 13.5. The maximum absolute atomic E-state index is 12.5. The Morgan fingerprint density at radius 1 is 1.32 bits per heavy atom. The average Bonchev–Trinajstić information content (AvgIpc) is 2.81. The fourth-order valence-corrected chi connectivity index (χ4v) is 3.13. The molecule has 1 N–H and O–H groups in total. The third-order valence-electron chi connectivity index (χ3n) is 4.62. The molecule has 1 fully saturated rings. The molecule has 0 spiro atoms. The number of imidazole rings is 1. The standard InChI is InChI=1S/C16H24N4O2/c1-10(2)17-15(21)13-9-19-7-8-20(11(3)14(19)18-13)16(22)12-5-4-6-12/h9-12H,4-8H2,1-3H3,(H,17,21). The lowest BCUT2D eigenvalue weighted by Crippen LogP contribution is -2.45. The van der Waals surface area contributed by atoms with Crippen molar-refractivity contribution in [1.82, 2.24) is 19.8 Å². The Hall–Kier alpha value is -1.85. The van der Waals surface area contributed by atoms with Gasteiger partial charge < -0.3 is 14.8 Å². The van der Waals surface area contributed by atoms with E-state index in [4.69, 9.17) is 0 Å². The van der Waals surface area contributed by atoms with E-state index in [0.717, 1.165) is 25.1 Å². The Bertz CT molecular complexity index is 589. The van der Waals surface area contributed by atoms with Gasteiger partial charge in [0.15, 0.2) is 0 Å². The van der Waals surface area contributed by atoms with Crippen LogP contribution in [-0.4, -0.2) is 38.9 Å². The second kappa shape index (κ2) is 5.74. The Balaban J connectivity index is 1.77. The molecule has 2 amide bonds. The first kappa shape index (κ1) is 15.1. The van der Waals surface area contributed by atoms with Crippen LogP contribution >= 0.6 is 0 Å². The molecule has 22 heavy (non-hydrogen) atoms. The van der Waals surface area contributed by atoms with Gasteiger partial charge in [0.05, 0.1) is 6.04 Å². The van der Waals surface area contributed by atoms with Crippen LogP contribution in [0.5, 0.6) is 0 Å². The number of hydrogen-bond acceptors (Lipinski definition) is 3. The lowest BCUT2D eigenvalue weighted by atomic mass is 9.84. The molecule has 6 nitrogen and oxygen atoms in total. The van der Waals surface area contributed by atoms with Crippen molar-refractivity contribution in [3.63, 3.8) is 0 Å². The molecule has 1 aromatic rings. The van der Waals surface area contributed by atoms with E-state index in [1.807, 2.05) is 30.2 Å². The number of amides is 2. The number of rotatable bonds is 3. The topological polar surface area (TPSA) is 67.2 Å². The first-order chi connectivity index (χ1) is 10.5. The molecule has 0 radical (unpaired) electrons. The molecular formula is C16H24N4O2. The van der Waals surface area contributed by atoms with Crippen molar-refractivity contribution in [3.8, 4) is 0 Å². The Morgan fingerprint density at radius 3 is 2.64 bits per heavy atom. The number of nitrogens with one attached hydrogen (secondary N) is 1. The molecule has 1 saturated carbocycles. The number of carbonyl (C=O) groups is 2. The fraction of sp³-hybridized carbons (Fsp3) is 0.688. The third kappa shape index (κ3) is 2.62. The van der Waals surface area contributed by atoms with Gasteiger partial charge in [-0.1, -0.05) is 6.42 Å². The summed E-state index contributed by atoms with van der Waals surface area (Å²) in [5.41, 5.74) is 0.438. The summed E-state index contributed by atoms with van der Waals surface area (Å²) in [7, 11) is 0. The summed E-state index contributed by atoms with van der Waals surface area (Å²) in [6.45, 7) is 7.26. The molecule has 1 aliphatic heterocycles. The normalized spacial score (nSPS) is 21.5. The Labute approximate surface area is 130 Å². The smallest absolute Gasteiger partial charge is 0.271 e. The number of fused-ring (bicyclic) bond motifs is 1. The highest BCUT2D eigenvalue weighted by atomic mass is 16.2. The van der Waals surface area contributed by atoms with E-state index in [2.05, 4.69) is 10.3 Å². The van der Waals surface area contributed by atoms with Crippen molar-refractivity contribution in [2.45, 2.75) is 58.7 Å². The van der Waals surface area contributed by atoms with Gasteiger partial charge in [-0.15, -0.1) is 0 Å². The van der Waals surface area contributed by atoms with Crippen LogP contribution < -0.4 is 5.32 Å². The molecule has 2 aliphatic rings. The first-order valence-electron chi connectivity index (χ1n) is 8.15. The molecule has 0 saturated heterocycles. The van der Waals surface area contributed by atoms with Gasteiger partial charge in [-0.2, -0.15) is 0 Å². The zero-order chi connectivity index (χ0) is 15.9. The van der Waals surface area contributed by atoms with Gasteiger partial charge in [-0.3, -0.25) is 9.59 Å². The Kier molecular flexibility index (Phi) is 3.93. The molecule has 6 heteroatoms. The van der Waals surface area contributed by atoms with Crippen LogP contribution in [0.15, 0.2) is 6.20 Å². The fourth-order valence-electron chi connectivity index (χ4n) is 3.13. The van der Waals surface area contributed by atoms with Gasteiger partial charge >= 0.3 is 0 Å². The minimum atomic E-state index is -0.152. The quantitative estimate of drug-likeness (QED) is 0.924. The lowest BCUT2D eigenvalue weighted by molar-refractivity contribution is -0.141. The molecule has 3 rings (SSSR count). The molecule has 1 unspecified atom stereocenters. The van der Waals surface area contributed by atoms with Gasteiger partial charge in [0.25, 0.3) is 5.91 Å². The zero-order valence-corrected chi connectivity index (χ0v) is 13.5. The molecule has 0 aromatic carbocycles. The van der Waals surface area contributed by atoms with Gasteiger partial charge in [-0.25, -0.2) is 4.98 Å². The predicted molar refractivity (Wildman–Crippen MR) is 82.3 cm³/mol. The highest BCUT2D eigenvalue weighted by molar-refractivity contribution is 5.92. The highest BCUT2D eigenvalue weighted by Gasteiger charge is 2.36. The Morgan fingerprint density at radius 2 is 2.05 bits per heavy atom. The van der Waals surface area contributed by atoms with E-state index in [1.54, 1.807) is 6.20 Å². The first-order valence-corrected chi connectivity index (χ1v) is 8.15. The van der Waals surface area contributed by atoms with Crippen molar-refractivity contribution < 1.29 is 9.59 Å². The summed E-state index contributed by atoms with van der Waals surface area (Å²) in [4.78, 5) is 31.0. The summed E-state index contributed by atoms with van der Waals surface area (Å²) >= 11 is 0. The van der Waals surface area contributed by atoms with Crippen LogP contribution in [-0.2, 0) is 11.3 Å². The van der Waals surface area contributed by atoms with Crippen molar-refractivity contribution in [3.05, 3.63) is 17.7 Å². The summed E-state index contributed by atoms with van der Waals surface area (Å²) in [6.07, 6.45) is 4.98. The van der Waals surface area contributed by atoms with Gasteiger partial charge in [-0.05, 0) is 33.6 Å². The average molecular weight is 304 g/mol. The SMILES string of the molecule is CC(C)NC(=O)c1cn2c(n1)C(C)N(C(=O)C1CCC1)CC2. The van der Waals surface area contributed by atoms with Crippen LogP contribution in [0.4, 0.5) is 0 Å². The minimum absolute atomic E-state index is 0.0672. The maximum Gasteiger partial charge on any atom is 0.271 e. The number of nitrogens with zero attached hydrogens (tertiary/aromatic N) is 3. The van der Waals surface area contributed by atoms with E-state index >= 15 is 0 Å². The molecule has 1 aromatic heterocycles. The van der Waals surface area contributed by atoms with E-state index in [9.17, 15) is 9.59 Å². The highest BCUT2D eigenvalue weighted by Crippen LogP contribution is 2.33. The number of hydrogen-bond donors (Lipinski definition) is 1. The molecule has 1 atom stereocenters. The minimum Gasteiger partial charge on any atom is -0.348 e. The van der Waals surface area contributed by atoms with Crippen molar-refractivity contribution in [2.75, 3.05) is 6.54 Å². The largest absolute Gasteiger partial charge is 0.348 e. The van der Waals surface area contributed by atoms with Crippen molar-refractivity contribution in [2.24, 2.45) is 5.92 Å². The van der Waals surface area contributed by atoms with E-state index in [0.29, 0.717) is 18.8 Å². The summed E-state index contributed by atoms with van der Waals surface area (Å²) in [5, 5.41) is 2.86. The van der Waals surface area contributed by atoms with Crippen LogP contribution in [0.25, 0.3) is 0 Å². The number of carbonyl (C=O) groups excluding carboxylic acids is 2. The van der Waals surface area contributed by atoms with E-state index in [-0.39, 0.29) is 29.8 Å². The molecule has 2 heterocycles. The summed E-state index contributed by atoms with van der Waals surface area (Å²) in [6, 6.07) is 0.0165. The van der Waals surface area contributed by atoms with E-state index < -0.39 is 0 Å². The third-order valence-corrected chi connectivity index (χ3v) is 4.62. The van der Waals surface area contributed by atoms with Crippen molar-refractivity contribution in [1.29, 1.82) is 0 Å². The van der Waals surface area contributed by atoms with Gasteiger partial charge in [0.1, 0.15) is 11.5 Å². The molecule has 1 aliphatic carbocycles. The molecule has 120 valence electrons. The molecular weight excluding hydrogens is 280 g/mol. The van der Waals surface area contributed by atoms with Crippen LogP contribution in [0.3, 0.4) is 0 Å². The van der Waals surface area contributed by atoms with Gasteiger partial charge in [0, 0.05) is 31.2 Å². The van der Waals surface area contributed by atoms with Crippen LogP contribution in [0, 0.1) is 5.92 Å². The summed E-state index contributed by atoms with van der Waals surface area (Å²) < 4.78 is 2.00. The maximum atomic E-state index is 12.5. The number of aromatic nitrogens is 2. The van der Waals surface area contributed by atoms with Crippen LogP contribution in [0.2, 0.25) is 0 Å². The summed E-state index contributed by atoms with van der Waals surface area (Å²) in [5.74, 6) is 1.11. The van der Waals surface area contributed by atoms with Crippen LogP contribution in [0.1, 0.15) is 62.4 Å². The van der Waals surface area contributed by atoms with Gasteiger partial charge in [0.2, 0.25) is 5.91 Å². The monoisotopic (exact) mass is 304 g/mol. The molecule has 0 bridgehead atoms. The second-order valence-corrected chi connectivity index (χ2v) is 6.64. The second-order valence-electron chi connectivity index (χ2n) is 6.64. The van der Waals surface area contributed by atoms with E-state index in [1.165, 1.54) is 0 Å². The lowest BCUT2D eigenvalue weighted by Gasteiger charge is -2.38. The predicted octanol–water partition coefficient (Wildman–Crippen LogP) is 1.72. The van der Waals surface area contributed by atoms with Crippen molar-refractivity contribution >= 4 is 11.8 Å².